The maximum atomic E-state index is 15.1. The van der Waals surface area contributed by atoms with Gasteiger partial charge in [0.1, 0.15) is 0 Å². The monoisotopic (exact) mass is 475 g/mol. The molecule has 35 heavy (non-hydrogen) atoms. The number of hydrogen-bond acceptors (Lipinski definition) is 3. The number of fused-ring (bicyclic) bond motifs is 1. The van der Waals surface area contributed by atoms with Gasteiger partial charge in [0.25, 0.3) is 0 Å². The highest BCUT2D eigenvalue weighted by molar-refractivity contribution is 6.13. The first-order valence-electron chi connectivity index (χ1n) is 11.3. The topological polar surface area (TPSA) is 38.7 Å². The Kier molecular flexibility index (Phi) is 7.01. The molecule has 0 bridgehead atoms. The number of nitrogens with zero attached hydrogens (tertiary/aromatic N) is 1. The lowest BCUT2D eigenvalue weighted by molar-refractivity contribution is -0.196. The Bertz CT molecular complexity index is 1290. The van der Waals surface area contributed by atoms with Crippen LogP contribution in [0.3, 0.4) is 0 Å². The molecule has 4 aromatic rings. The van der Waals surface area contributed by atoms with E-state index >= 15 is 13.2 Å². The predicted octanol–water partition coefficient (Wildman–Crippen LogP) is 7.09. The Hall–Kier alpha value is -3.93. The molecule has 1 unspecified atom stereocenters. The molecule has 0 aliphatic carbocycles. The van der Waals surface area contributed by atoms with Crippen LogP contribution in [0.2, 0.25) is 0 Å². The van der Waals surface area contributed by atoms with Crippen LogP contribution in [0.5, 0.6) is 0 Å². The second-order valence-electron chi connectivity index (χ2n) is 8.09. The van der Waals surface area contributed by atoms with Crippen LogP contribution in [-0.2, 0) is 15.1 Å². The van der Waals surface area contributed by atoms with Crippen LogP contribution >= 0.6 is 0 Å². The lowest BCUT2D eigenvalue weighted by atomic mass is 9.84. The van der Waals surface area contributed by atoms with E-state index in [2.05, 4.69) is 4.99 Å². The summed E-state index contributed by atoms with van der Waals surface area (Å²) in [6.07, 6.45) is -5.87. The van der Waals surface area contributed by atoms with Gasteiger partial charge in [0, 0.05) is 11.1 Å². The standard InChI is InChI=1S/C29H24F3NO2/c1-2-35-26(34)20-28(29(30,31)32,25-18-17-21-11-9-10-16-24(21)19-25)33-27(22-12-5-3-6-13-22)23-14-7-4-8-15-23/h3-19H,2,20H2,1H3. The molecule has 0 spiro atoms. The van der Waals surface area contributed by atoms with Crippen molar-refractivity contribution in [3.8, 4) is 0 Å². The molecule has 0 saturated carbocycles. The van der Waals surface area contributed by atoms with Crippen LogP contribution in [0.25, 0.3) is 10.8 Å². The van der Waals surface area contributed by atoms with Crippen LogP contribution in [0.4, 0.5) is 13.2 Å². The third kappa shape index (κ3) is 5.11. The summed E-state index contributed by atoms with van der Waals surface area (Å²) in [6, 6.07) is 29.0. The molecule has 0 amide bonds. The molecular weight excluding hydrogens is 451 g/mol. The minimum Gasteiger partial charge on any atom is -0.466 e. The highest BCUT2D eigenvalue weighted by Crippen LogP contribution is 2.47. The predicted molar refractivity (Wildman–Crippen MR) is 131 cm³/mol. The third-order valence-corrected chi connectivity index (χ3v) is 5.80. The Labute approximate surface area is 201 Å². The number of esters is 1. The second-order valence-corrected chi connectivity index (χ2v) is 8.09. The summed E-state index contributed by atoms with van der Waals surface area (Å²) in [7, 11) is 0. The molecule has 6 heteroatoms. The number of carbonyl (C=O) groups is 1. The summed E-state index contributed by atoms with van der Waals surface area (Å²) in [6.45, 7) is 1.53. The molecule has 0 radical (unpaired) electrons. The van der Waals surface area contributed by atoms with Gasteiger partial charge in [0.05, 0.1) is 18.7 Å². The fourth-order valence-electron chi connectivity index (χ4n) is 4.08. The van der Waals surface area contributed by atoms with Gasteiger partial charge in [-0.05, 0) is 29.3 Å². The zero-order valence-electron chi connectivity index (χ0n) is 19.1. The van der Waals surface area contributed by atoms with E-state index in [9.17, 15) is 4.79 Å². The number of benzene rings is 4. The number of hydrogen-bond donors (Lipinski definition) is 0. The highest BCUT2D eigenvalue weighted by Gasteiger charge is 2.58. The molecule has 0 N–H and O–H groups in total. The molecule has 0 saturated heterocycles. The Morgan fingerprint density at radius 3 is 1.86 bits per heavy atom. The Balaban J connectivity index is 2.04. The molecule has 4 aromatic carbocycles. The van der Waals surface area contributed by atoms with E-state index in [4.69, 9.17) is 4.74 Å². The maximum Gasteiger partial charge on any atom is 0.418 e. The zero-order valence-corrected chi connectivity index (χ0v) is 19.1. The minimum absolute atomic E-state index is 0.0293. The Morgan fingerprint density at radius 1 is 0.771 bits per heavy atom. The fourth-order valence-corrected chi connectivity index (χ4v) is 4.08. The quantitative estimate of drug-likeness (QED) is 0.211. The third-order valence-electron chi connectivity index (χ3n) is 5.80. The summed E-state index contributed by atoms with van der Waals surface area (Å²) in [4.78, 5) is 17.0. The molecule has 0 aliphatic heterocycles. The lowest BCUT2D eigenvalue weighted by Crippen LogP contribution is -2.44. The molecule has 4 rings (SSSR count). The van der Waals surface area contributed by atoms with Crippen molar-refractivity contribution in [2.75, 3.05) is 6.61 Å². The van der Waals surface area contributed by atoms with Crippen molar-refractivity contribution in [3.05, 3.63) is 120 Å². The van der Waals surface area contributed by atoms with E-state index in [1.54, 1.807) is 85.8 Å². The van der Waals surface area contributed by atoms with Gasteiger partial charge >= 0.3 is 12.1 Å². The van der Waals surface area contributed by atoms with Crippen molar-refractivity contribution in [2.45, 2.75) is 25.1 Å². The summed E-state index contributed by atoms with van der Waals surface area (Å²) in [5.74, 6) is -0.970. The number of halogens is 3. The van der Waals surface area contributed by atoms with Gasteiger partial charge in [-0.15, -0.1) is 0 Å². The summed E-state index contributed by atoms with van der Waals surface area (Å²) in [5.41, 5.74) is -1.82. The summed E-state index contributed by atoms with van der Waals surface area (Å²) < 4.78 is 50.4. The lowest BCUT2D eigenvalue weighted by Gasteiger charge is -2.33. The van der Waals surface area contributed by atoms with Crippen molar-refractivity contribution in [2.24, 2.45) is 4.99 Å². The maximum absolute atomic E-state index is 15.1. The van der Waals surface area contributed by atoms with Crippen LogP contribution in [-0.4, -0.2) is 24.5 Å². The van der Waals surface area contributed by atoms with Gasteiger partial charge in [-0.1, -0.05) is 97.1 Å². The number of carbonyl (C=O) groups excluding carboxylic acids is 1. The van der Waals surface area contributed by atoms with Gasteiger partial charge in [-0.2, -0.15) is 13.2 Å². The minimum atomic E-state index is -4.89. The van der Waals surface area contributed by atoms with E-state index in [1.165, 1.54) is 12.1 Å². The number of rotatable bonds is 7. The van der Waals surface area contributed by atoms with Crippen molar-refractivity contribution in [3.63, 3.8) is 0 Å². The molecule has 0 heterocycles. The van der Waals surface area contributed by atoms with Crippen molar-refractivity contribution < 1.29 is 22.7 Å². The second kappa shape index (κ2) is 10.1. The molecule has 3 nitrogen and oxygen atoms in total. The molecular formula is C29H24F3NO2. The van der Waals surface area contributed by atoms with Crippen molar-refractivity contribution in [1.29, 1.82) is 0 Å². The van der Waals surface area contributed by atoms with E-state index in [0.717, 1.165) is 5.39 Å². The normalized spacial score (nSPS) is 13.1. The van der Waals surface area contributed by atoms with Gasteiger partial charge in [-0.25, -0.2) is 0 Å². The molecule has 1 atom stereocenters. The van der Waals surface area contributed by atoms with E-state index in [0.29, 0.717) is 16.5 Å². The molecule has 178 valence electrons. The largest absolute Gasteiger partial charge is 0.466 e. The zero-order chi connectivity index (χ0) is 24.9. The number of aliphatic imine (C=N–C) groups is 1. The van der Waals surface area contributed by atoms with Crippen molar-refractivity contribution >= 4 is 22.5 Å². The summed E-state index contributed by atoms with van der Waals surface area (Å²) in [5, 5.41) is 1.41. The SMILES string of the molecule is CCOC(=O)CC(N=C(c1ccccc1)c1ccccc1)(c1ccc2ccccc2c1)C(F)(F)F. The highest BCUT2D eigenvalue weighted by atomic mass is 19.4. The fraction of sp³-hybridized carbons (Fsp3) is 0.172. The first-order valence-corrected chi connectivity index (χ1v) is 11.3. The first-order chi connectivity index (χ1) is 16.8. The average Bonchev–Trinajstić information content (AvgIpc) is 2.86. The van der Waals surface area contributed by atoms with Crippen LogP contribution in [0.1, 0.15) is 30.0 Å². The smallest absolute Gasteiger partial charge is 0.418 e. The number of ether oxygens (including phenoxy) is 1. The van der Waals surface area contributed by atoms with Crippen LogP contribution in [0, 0.1) is 0 Å². The molecule has 0 aromatic heterocycles. The van der Waals surface area contributed by atoms with E-state index in [1.807, 2.05) is 12.1 Å². The average molecular weight is 476 g/mol. The van der Waals surface area contributed by atoms with Gasteiger partial charge < -0.3 is 4.74 Å². The Morgan fingerprint density at radius 2 is 1.31 bits per heavy atom. The molecule has 0 aliphatic rings. The first kappa shape index (κ1) is 24.2. The van der Waals surface area contributed by atoms with Gasteiger partial charge in [-0.3, -0.25) is 9.79 Å². The van der Waals surface area contributed by atoms with Gasteiger partial charge in [0.15, 0.2) is 5.54 Å². The van der Waals surface area contributed by atoms with Crippen LogP contribution < -0.4 is 0 Å². The molecule has 0 fully saturated rings. The van der Waals surface area contributed by atoms with Crippen molar-refractivity contribution in [1.82, 2.24) is 0 Å². The van der Waals surface area contributed by atoms with E-state index < -0.39 is 24.1 Å². The van der Waals surface area contributed by atoms with E-state index in [-0.39, 0.29) is 17.9 Å². The number of alkyl halides is 3. The summed E-state index contributed by atoms with van der Waals surface area (Å²) >= 11 is 0. The van der Waals surface area contributed by atoms with Gasteiger partial charge in [0.2, 0.25) is 0 Å². The van der Waals surface area contributed by atoms with Crippen LogP contribution in [0.15, 0.2) is 108 Å².